The molecule has 0 radical (unpaired) electrons. The normalized spacial score (nSPS) is 15.1. The van der Waals surface area contributed by atoms with Crippen LogP contribution in [0.5, 0.6) is 0 Å². The number of carbonyl (C=O) groups excluding carboxylic acids is 1. The van der Waals surface area contributed by atoms with Crippen molar-refractivity contribution in [2.24, 2.45) is 0 Å². The van der Waals surface area contributed by atoms with Gasteiger partial charge in [0.05, 0.1) is 11.0 Å². The molecule has 7 heteroatoms. The Morgan fingerprint density at radius 1 is 0.857 bits per heavy atom. The number of rotatable bonds is 3. The van der Waals surface area contributed by atoms with Crippen molar-refractivity contribution in [3.63, 3.8) is 0 Å². The number of aromatic nitrogens is 2. The van der Waals surface area contributed by atoms with Crippen molar-refractivity contribution in [3.05, 3.63) is 54.6 Å². The third-order valence-electron chi connectivity index (χ3n) is 4.89. The van der Waals surface area contributed by atoms with Crippen LogP contribution >= 0.6 is 23.2 Å². The topological polar surface area (TPSA) is 49.3 Å². The lowest BCUT2D eigenvalue weighted by atomic mass is 10.1. The van der Waals surface area contributed by atoms with Crippen molar-refractivity contribution in [2.75, 3.05) is 31.1 Å². The number of fused-ring (bicyclic) bond motifs is 1. The molecule has 1 aliphatic heterocycles. The summed E-state index contributed by atoms with van der Waals surface area (Å²) in [6.07, 6.45) is 0.814. The summed E-state index contributed by atoms with van der Waals surface area (Å²) in [6.45, 7) is 2.62. The SMILES string of the molecule is O=C(C(Cl)Cl)N1CCCN(c2nc3ccccc3nc2-c2ccccc2)CC1. The molecule has 0 bridgehead atoms. The Morgan fingerprint density at radius 3 is 2.25 bits per heavy atom. The lowest BCUT2D eigenvalue weighted by Gasteiger charge is -2.25. The predicted molar refractivity (Wildman–Crippen MR) is 114 cm³/mol. The number of carbonyl (C=O) groups is 1. The van der Waals surface area contributed by atoms with Gasteiger partial charge in [0.2, 0.25) is 0 Å². The standard InChI is InChI=1S/C21H20Cl2N4O/c22-19(23)21(28)27-12-6-11-26(13-14-27)20-18(15-7-2-1-3-8-15)24-16-9-4-5-10-17(16)25-20/h1-5,7-10,19H,6,11-14H2. The fourth-order valence-corrected chi connectivity index (χ4v) is 3.76. The van der Waals surface area contributed by atoms with E-state index < -0.39 is 4.84 Å². The molecule has 1 fully saturated rings. The Balaban J connectivity index is 1.72. The summed E-state index contributed by atoms with van der Waals surface area (Å²) >= 11 is 11.6. The zero-order valence-corrected chi connectivity index (χ0v) is 16.8. The maximum atomic E-state index is 12.2. The van der Waals surface area contributed by atoms with Gasteiger partial charge in [-0.15, -0.1) is 0 Å². The van der Waals surface area contributed by atoms with Crippen LogP contribution in [0.15, 0.2) is 54.6 Å². The first-order valence-corrected chi connectivity index (χ1v) is 10.1. The van der Waals surface area contributed by atoms with Gasteiger partial charge < -0.3 is 9.80 Å². The highest BCUT2D eigenvalue weighted by molar-refractivity contribution is 6.53. The van der Waals surface area contributed by atoms with Gasteiger partial charge in [0.25, 0.3) is 5.91 Å². The average molecular weight is 415 g/mol. The van der Waals surface area contributed by atoms with Crippen LogP contribution < -0.4 is 4.90 Å². The molecule has 5 nitrogen and oxygen atoms in total. The van der Waals surface area contributed by atoms with E-state index in [0.29, 0.717) is 19.6 Å². The minimum absolute atomic E-state index is 0.238. The first-order valence-electron chi connectivity index (χ1n) is 9.27. The van der Waals surface area contributed by atoms with Gasteiger partial charge in [0.1, 0.15) is 5.69 Å². The van der Waals surface area contributed by atoms with Crippen molar-refractivity contribution in [3.8, 4) is 11.3 Å². The van der Waals surface area contributed by atoms with Crippen molar-refractivity contribution >= 4 is 46.0 Å². The summed E-state index contributed by atoms with van der Waals surface area (Å²) in [6, 6.07) is 18.0. The number of benzene rings is 2. The quantitative estimate of drug-likeness (QED) is 0.604. The van der Waals surface area contributed by atoms with Crippen LogP contribution in [-0.2, 0) is 4.79 Å². The average Bonchev–Trinajstić information content (AvgIpc) is 2.99. The summed E-state index contributed by atoms with van der Waals surface area (Å²) in [4.78, 5) is 24.9. The van der Waals surface area contributed by atoms with E-state index in [-0.39, 0.29) is 5.91 Å². The lowest BCUT2D eigenvalue weighted by molar-refractivity contribution is -0.129. The van der Waals surface area contributed by atoms with Crippen LogP contribution in [0, 0.1) is 0 Å². The number of hydrogen-bond donors (Lipinski definition) is 0. The molecule has 1 aromatic heterocycles. The van der Waals surface area contributed by atoms with Crippen molar-refractivity contribution in [1.82, 2.24) is 14.9 Å². The first kappa shape index (κ1) is 19.0. The lowest BCUT2D eigenvalue weighted by Crippen LogP contribution is -2.38. The predicted octanol–water partition coefficient (Wildman–Crippen LogP) is 4.14. The molecule has 1 amide bonds. The highest BCUT2D eigenvalue weighted by Gasteiger charge is 2.25. The molecule has 1 saturated heterocycles. The Hall–Kier alpha value is -2.37. The zero-order valence-electron chi connectivity index (χ0n) is 15.3. The molecule has 3 aromatic rings. The van der Waals surface area contributed by atoms with Crippen LogP contribution in [0.2, 0.25) is 0 Å². The fourth-order valence-electron chi connectivity index (χ4n) is 3.49. The Labute approximate surface area is 173 Å². The van der Waals surface area contributed by atoms with Gasteiger partial charge in [0.15, 0.2) is 10.7 Å². The van der Waals surface area contributed by atoms with E-state index in [0.717, 1.165) is 41.1 Å². The maximum Gasteiger partial charge on any atom is 0.255 e. The molecule has 1 aliphatic rings. The Kier molecular flexibility index (Phi) is 5.64. The Bertz CT molecular complexity index is 981. The van der Waals surface area contributed by atoms with Gasteiger partial charge in [-0.3, -0.25) is 4.79 Å². The third-order valence-corrected chi connectivity index (χ3v) is 5.27. The van der Waals surface area contributed by atoms with Gasteiger partial charge in [-0.2, -0.15) is 0 Å². The number of para-hydroxylation sites is 2. The van der Waals surface area contributed by atoms with Gasteiger partial charge in [0, 0.05) is 31.7 Å². The molecular weight excluding hydrogens is 395 g/mol. The number of halogens is 2. The van der Waals surface area contributed by atoms with E-state index in [1.807, 2.05) is 54.6 Å². The number of hydrogen-bond acceptors (Lipinski definition) is 4. The highest BCUT2D eigenvalue weighted by Crippen LogP contribution is 2.30. The number of nitrogens with zero attached hydrogens (tertiary/aromatic N) is 4. The maximum absolute atomic E-state index is 12.2. The summed E-state index contributed by atoms with van der Waals surface area (Å²) < 4.78 is 0. The van der Waals surface area contributed by atoms with Gasteiger partial charge in [-0.05, 0) is 18.6 Å². The van der Waals surface area contributed by atoms with Crippen LogP contribution in [0.25, 0.3) is 22.3 Å². The molecule has 0 spiro atoms. The molecular formula is C21H20Cl2N4O. The van der Waals surface area contributed by atoms with Crippen LogP contribution in [-0.4, -0.2) is 51.8 Å². The summed E-state index contributed by atoms with van der Waals surface area (Å²) in [7, 11) is 0. The summed E-state index contributed by atoms with van der Waals surface area (Å²) in [5.41, 5.74) is 3.60. The molecule has 144 valence electrons. The van der Waals surface area contributed by atoms with E-state index in [2.05, 4.69) is 4.90 Å². The third kappa shape index (κ3) is 3.91. The van der Waals surface area contributed by atoms with Gasteiger partial charge >= 0.3 is 0 Å². The molecule has 28 heavy (non-hydrogen) atoms. The van der Waals surface area contributed by atoms with E-state index in [4.69, 9.17) is 33.2 Å². The summed E-state index contributed by atoms with van der Waals surface area (Å²) in [5, 5.41) is 0. The number of amides is 1. The zero-order chi connectivity index (χ0) is 19.5. The summed E-state index contributed by atoms with van der Waals surface area (Å²) in [5.74, 6) is 0.602. The minimum Gasteiger partial charge on any atom is -0.353 e. The molecule has 2 aromatic carbocycles. The fraction of sp³-hybridized carbons (Fsp3) is 0.286. The van der Waals surface area contributed by atoms with Crippen molar-refractivity contribution < 1.29 is 4.79 Å². The molecule has 0 atom stereocenters. The van der Waals surface area contributed by atoms with Gasteiger partial charge in [-0.25, -0.2) is 9.97 Å². The second kappa shape index (κ2) is 8.33. The smallest absolute Gasteiger partial charge is 0.255 e. The number of alkyl halides is 2. The van der Waals surface area contributed by atoms with Crippen LogP contribution in [0.3, 0.4) is 0 Å². The molecule has 4 rings (SSSR count). The largest absolute Gasteiger partial charge is 0.353 e. The van der Waals surface area contributed by atoms with Crippen LogP contribution in [0.1, 0.15) is 6.42 Å². The van der Waals surface area contributed by atoms with E-state index in [1.165, 1.54) is 0 Å². The second-order valence-electron chi connectivity index (χ2n) is 6.72. The Morgan fingerprint density at radius 2 is 1.54 bits per heavy atom. The van der Waals surface area contributed by atoms with E-state index in [1.54, 1.807) is 4.90 Å². The van der Waals surface area contributed by atoms with E-state index >= 15 is 0 Å². The molecule has 0 unspecified atom stereocenters. The van der Waals surface area contributed by atoms with Crippen molar-refractivity contribution in [2.45, 2.75) is 11.3 Å². The molecule has 0 N–H and O–H groups in total. The molecule has 0 saturated carbocycles. The number of anilines is 1. The van der Waals surface area contributed by atoms with Gasteiger partial charge in [-0.1, -0.05) is 65.7 Å². The molecule has 0 aliphatic carbocycles. The van der Waals surface area contributed by atoms with E-state index in [9.17, 15) is 4.79 Å². The second-order valence-corrected chi connectivity index (χ2v) is 7.81. The first-order chi connectivity index (χ1) is 13.6. The minimum atomic E-state index is -1.02. The van der Waals surface area contributed by atoms with Crippen LogP contribution in [0.4, 0.5) is 5.82 Å². The monoisotopic (exact) mass is 414 g/mol. The highest BCUT2D eigenvalue weighted by atomic mass is 35.5. The van der Waals surface area contributed by atoms with Crippen molar-refractivity contribution in [1.29, 1.82) is 0 Å². The molecule has 2 heterocycles.